The summed E-state index contributed by atoms with van der Waals surface area (Å²) in [5, 5.41) is 3.96. The Morgan fingerprint density at radius 3 is 2.72 bits per heavy atom. The molecule has 9 nitrogen and oxygen atoms in total. The third-order valence-corrected chi connectivity index (χ3v) is 6.84. The summed E-state index contributed by atoms with van der Waals surface area (Å²) >= 11 is 5.82. The Labute approximate surface area is 214 Å². The zero-order chi connectivity index (χ0) is 25.3. The number of anilines is 2. The summed E-state index contributed by atoms with van der Waals surface area (Å²) in [6, 6.07) is 18.4. The van der Waals surface area contributed by atoms with Crippen molar-refractivity contribution in [1.82, 2.24) is 14.9 Å². The molecule has 0 spiro atoms. The molecule has 1 fully saturated rings. The molecule has 11 heteroatoms. The molecule has 0 amide bonds. The Morgan fingerprint density at radius 1 is 1.17 bits per heavy atom. The Balaban J connectivity index is 1.60. The fraction of sp³-hybridized carbons (Fsp3) is 0.200. The van der Waals surface area contributed by atoms with Crippen LogP contribution in [0.4, 0.5) is 11.4 Å². The number of ether oxygens (including phenoxy) is 1. The van der Waals surface area contributed by atoms with Gasteiger partial charge < -0.3 is 23.9 Å². The second kappa shape index (κ2) is 9.67. The van der Waals surface area contributed by atoms with Crippen molar-refractivity contribution in [3.8, 4) is 5.75 Å². The van der Waals surface area contributed by atoms with E-state index in [-0.39, 0.29) is 12.1 Å². The predicted molar refractivity (Wildman–Crippen MR) is 142 cm³/mol. The summed E-state index contributed by atoms with van der Waals surface area (Å²) < 4.78 is 39.3. The number of thiocarbonyl (C=S) groups is 1. The number of nitrogens with one attached hydrogen (secondary N) is 2. The van der Waals surface area contributed by atoms with Gasteiger partial charge in [0.05, 0.1) is 43.6 Å². The fourth-order valence-corrected chi connectivity index (χ4v) is 5.37. The first-order chi connectivity index (χ1) is 17.3. The van der Waals surface area contributed by atoms with Crippen LogP contribution in [0.25, 0.3) is 0 Å². The van der Waals surface area contributed by atoms with Gasteiger partial charge in [0.15, 0.2) is 5.11 Å². The van der Waals surface area contributed by atoms with E-state index < -0.39 is 10.0 Å². The Hall–Kier alpha value is -3.83. The minimum Gasteiger partial charge on any atom is -0.494 e. The van der Waals surface area contributed by atoms with Gasteiger partial charge >= 0.3 is 0 Å². The number of methoxy groups -OCH3 is 1. The maximum Gasteiger partial charge on any atom is 0.229 e. The van der Waals surface area contributed by atoms with E-state index in [4.69, 9.17) is 21.4 Å². The molecule has 0 bridgehead atoms. The number of benzene rings is 1. The van der Waals surface area contributed by atoms with Crippen molar-refractivity contribution in [3.63, 3.8) is 0 Å². The molecule has 4 heterocycles. The van der Waals surface area contributed by atoms with Crippen LogP contribution in [0, 0.1) is 0 Å². The lowest BCUT2D eigenvalue weighted by atomic mass is 10.0. The molecule has 186 valence electrons. The Morgan fingerprint density at radius 2 is 2.03 bits per heavy atom. The van der Waals surface area contributed by atoms with E-state index in [1.54, 1.807) is 24.6 Å². The van der Waals surface area contributed by atoms with Crippen molar-refractivity contribution in [2.75, 3.05) is 23.0 Å². The Kier molecular flexibility index (Phi) is 6.42. The average Bonchev–Trinajstić information content (AvgIpc) is 3.60. The van der Waals surface area contributed by atoms with Gasteiger partial charge in [-0.2, -0.15) is 0 Å². The van der Waals surface area contributed by atoms with E-state index >= 15 is 0 Å². The Bertz CT molecular complexity index is 1470. The van der Waals surface area contributed by atoms with Crippen molar-refractivity contribution in [1.29, 1.82) is 0 Å². The van der Waals surface area contributed by atoms with Gasteiger partial charge in [-0.15, -0.1) is 0 Å². The van der Waals surface area contributed by atoms with Crippen LogP contribution in [0.2, 0.25) is 0 Å². The van der Waals surface area contributed by atoms with Gasteiger partial charge in [0.2, 0.25) is 10.0 Å². The largest absolute Gasteiger partial charge is 0.494 e. The topological polar surface area (TPSA) is 102 Å². The number of sulfonamides is 1. The zero-order valence-corrected chi connectivity index (χ0v) is 21.3. The van der Waals surface area contributed by atoms with Gasteiger partial charge in [-0.1, -0.05) is 6.07 Å². The molecule has 1 aromatic carbocycles. The maximum absolute atomic E-state index is 11.8. The van der Waals surface area contributed by atoms with Crippen LogP contribution in [-0.2, 0) is 16.6 Å². The molecule has 1 aliphatic rings. The fourth-order valence-electron chi connectivity index (χ4n) is 4.46. The molecular weight excluding hydrogens is 498 g/mol. The van der Waals surface area contributed by atoms with Gasteiger partial charge in [-0.05, 0) is 60.7 Å². The van der Waals surface area contributed by atoms with Crippen molar-refractivity contribution >= 4 is 38.7 Å². The summed E-state index contributed by atoms with van der Waals surface area (Å²) in [4.78, 5) is 6.61. The van der Waals surface area contributed by atoms with Crippen LogP contribution in [0.15, 0.2) is 83.7 Å². The minimum atomic E-state index is -3.48. The molecule has 0 aliphatic carbocycles. The molecule has 2 atom stereocenters. The number of rotatable bonds is 8. The summed E-state index contributed by atoms with van der Waals surface area (Å²) in [5.41, 5.74) is 2.95. The van der Waals surface area contributed by atoms with Crippen molar-refractivity contribution in [2.45, 2.75) is 18.6 Å². The van der Waals surface area contributed by atoms with E-state index in [1.165, 1.54) is 7.11 Å². The predicted octanol–water partition coefficient (Wildman–Crippen LogP) is 4.08. The lowest BCUT2D eigenvalue weighted by Gasteiger charge is -2.29. The molecule has 0 radical (unpaired) electrons. The lowest BCUT2D eigenvalue weighted by Crippen LogP contribution is -2.30. The molecule has 4 aromatic rings. The first kappa shape index (κ1) is 23.9. The first-order valence-corrected chi connectivity index (χ1v) is 13.5. The van der Waals surface area contributed by atoms with Crippen molar-refractivity contribution < 1.29 is 17.6 Å². The van der Waals surface area contributed by atoms with Crippen LogP contribution in [-0.4, -0.2) is 36.4 Å². The van der Waals surface area contributed by atoms with Gasteiger partial charge in [0, 0.05) is 29.8 Å². The van der Waals surface area contributed by atoms with Gasteiger partial charge in [-0.25, -0.2) is 8.42 Å². The molecule has 0 saturated carbocycles. The van der Waals surface area contributed by atoms with E-state index in [0.29, 0.717) is 23.1 Å². The zero-order valence-electron chi connectivity index (χ0n) is 19.7. The lowest BCUT2D eigenvalue weighted by molar-refractivity contribution is 0.416. The van der Waals surface area contributed by atoms with Crippen molar-refractivity contribution in [2.24, 2.45) is 0 Å². The maximum atomic E-state index is 11.8. The summed E-state index contributed by atoms with van der Waals surface area (Å²) in [5.74, 6) is 1.21. The number of hydrogen-bond acceptors (Lipinski definition) is 6. The highest BCUT2D eigenvalue weighted by atomic mass is 32.2. The van der Waals surface area contributed by atoms with Gasteiger partial charge in [-0.3, -0.25) is 9.71 Å². The van der Waals surface area contributed by atoms with Crippen LogP contribution in [0.3, 0.4) is 0 Å². The van der Waals surface area contributed by atoms with Gasteiger partial charge in [0.1, 0.15) is 17.6 Å². The first-order valence-electron chi connectivity index (χ1n) is 11.2. The standard InChI is InChI=1S/C25H25N5O4S2/c1-33-22-15-17(10-11-19(22)28-36(2,31)32)30-24(23(27-25(30)35)20-8-3-4-12-26-20)21-9-5-13-29(21)16-18-7-6-14-34-18/h3-15,23-24,28H,16H2,1-2H3,(H,27,35)/t23-,24+/m0/s1. The van der Waals surface area contributed by atoms with Crippen LogP contribution in [0.5, 0.6) is 5.75 Å². The molecule has 1 aliphatic heterocycles. The third kappa shape index (κ3) is 4.79. The summed E-state index contributed by atoms with van der Waals surface area (Å²) in [6.45, 7) is 0.557. The number of aromatic nitrogens is 2. The number of nitrogens with zero attached hydrogens (tertiary/aromatic N) is 3. The van der Waals surface area contributed by atoms with E-state index in [2.05, 4.69) is 25.7 Å². The molecule has 3 aromatic heterocycles. The second-order valence-electron chi connectivity index (χ2n) is 8.40. The van der Waals surface area contributed by atoms with E-state index in [9.17, 15) is 8.42 Å². The minimum absolute atomic E-state index is 0.233. The van der Waals surface area contributed by atoms with E-state index in [1.807, 2.05) is 53.6 Å². The smallest absolute Gasteiger partial charge is 0.229 e. The monoisotopic (exact) mass is 523 g/mol. The molecule has 5 rings (SSSR count). The SMILES string of the molecule is COc1cc(N2C(=S)N[C@@H](c3ccccn3)[C@H]2c2cccn2Cc2ccco2)ccc1NS(C)(=O)=O. The number of hydrogen-bond donors (Lipinski definition) is 2. The highest BCUT2D eigenvalue weighted by Crippen LogP contribution is 2.43. The molecule has 1 saturated heterocycles. The highest BCUT2D eigenvalue weighted by Gasteiger charge is 2.42. The second-order valence-corrected chi connectivity index (χ2v) is 10.5. The van der Waals surface area contributed by atoms with E-state index in [0.717, 1.165) is 29.1 Å². The molecular formula is C25H25N5O4S2. The third-order valence-electron chi connectivity index (χ3n) is 5.93. The van der Waals surface area contributed by atoms with Gasteiger partial charge in [0.25, 0.3) is 0 Å². The molecule has 0 unspecified atom stereocenters. The average molecular weight is 524 g/mol. The summed E-state index contributed by atoms with van der Waals surface area (Å²) in [7, 11) is -1.98. The summed E-state index contributed by atoms with van der Waals surface area (Å²) in [6.07, 6.45) is 6.52. The quantitative estimate of drug-likeness (QED) is 0.333. The van der Waals surface area contributed by atoms with Crippen LogP contribution >= 0.6 is 12.2 Å². The normalized spacial score (nSPS) is 17.7. The molecule has 36 heavy (non-hydrogen) atoms. The highest BCUT2D eigenvalue weighted by molar-refractivity contribution is 7.92. The number of pyridine rings is 1. The van der Waals surface area contributed by atoms with Crippen molar-refractivity contribution in [3.05, 3.63) is 96.5 Å². The van der Waals surface area contributed by atoms with Crippen LogP contribution in [0.1, 0.15) is 29.2 Å². The number of furan rings is 1. The van der Waals surface area contributed by atoms with Crippen LogP contribution < -0.4 is 19.7 Å². The molecule has 2 N–H and O–H groups in total.